The van der Waals surface area contributed by atoms with Crippen LogP contribution in [0.25, 0.3) is 10.9 Å². The van der Waals surface area contributed by atoms with E-state index in [0.717, 1.165) is 68.1 Å². The number of likely N-dealkylation sites (N-methyl/N-ethyl adjacent to an activating group) is 1. The monoisotopic (exact) mass is 604 g/mol. The maximum absolute atomic E-state index is 13.4. The van der Waals surface area contributed by atoms with E-state index >= 15 is 0 Å². The number of carbonyl (C=O) groups excluding carboxylic acids is 3. The standard InChI is InChI=1S/C27H33N3O2.C8H17NO.C2H6/c1-3-20-11-10-15-23(17-20)29(4-2)26(31)19-30-24-16-9-8-12-21(24)18-25(30)27(32)28-22-13-6-5-7-14-22;1-2-3-4-5-6-7-9-8-10;1-2/h8-12,15-18,22H,3-7,13-14,19H2,1-2H3,(H,28,32);8H,2-7H2,1H3,(H,9,10);1-2H3. The third-order valence-corrected chi connectivity index (χ3v) is 8.03. The molecule has 0 saturated heterocycles. The fourth-order valence-corrected chi connectivity index (χ4v) is 5.63. The van der Waals surface area contributed by atoms with Crippen LogP contribution in [0.1, 0.15) is 115 Å². The largest absolute Gasteiger partial charge is 0.359 e. The molecule has 1 aliphatic rings. The van der Waals surface area contributed by atoms with E-state index < -0.39 is 0 Å². The van der Waals surface area contributed by atoms with E-state index in [1.807, 2.05) is 67.8 Å². The summed E-state index contributed by atoms with van der Waals surface area (Å²) in [4.78, 5) is 38.2. The van der Waals surface area contributed by atoms with Crippen molar-refractivity contribution in [3.63, 3.8) is 0 Å². The van der Waals surface area contributed by atoms with Crippen molar-refractivity contribution in [3.05, 3.63) is 65.9 Å². The van der Waals surface area contributed by atoms with E-state index in [9.17, 15) is 14.4 Å². The minimum Gasteiger partial charge on any atom is -0.359 e. The minimum absolute atomic E-state index is 0.0196. The zero-order valence-corrected chi connectivity index (χ0v) is 27.9. The molecule has 7 heteroatoms. The summed E-state index contributed by atoms with van der Waals surface area (Å²) in [5.74, 6) is -0.106. The number of rotatable bonds is 14. The number of aromatic nitrogens is 1. The Morgan fingerprint density at radius 3 is 2.32 bits per heavy atom. The van der Waals surface area contributed by atoms with Crippen molar-refractivity contribution in [2.75, 3.05) is 18.0 Å². The third kappa shape index (κ3) is 11.5. The summed E-state index contributed by atoms with van der Waals surface area (Å²) >= 11 is 0. The van der Waals surface area contributed by atoms with Crippen molar-refractivity contribution in [2.24, 2.45) is 0 Å². The van der Waals surface area contributed by atoms with Gasteiger partial charge in [-0.15, -0.1) is 0 Å². The molecule has 1 aromatic heterocycles. The predicted octanol–water partition coefficient (Wildman–Crippen LogP) is 8.05. The average molecular weight is 605 g/mol. The molecule has 0 spiro atoms. The highest BCUT2D eigenvalue weighted by Crippen LogP contribution is 2.24. The molecule has 3 aromatic rings. The van der Waals surface area contributed by atoms with Gasteiger partial charge in [0.05, 0.1) is 0 Å². The second-order valence-corrected chi connectivity index (χ2v) is 11.1. The van der Waals surface area contributed by atoms with Crippen LogP contribution in [-0.4, -0.2) is 41.9 Å². The van der Waals surface area contributed by atoms with Crippen LogP contribution >= 0.6 is 0 Å². The second-order valence-electron chi connectivity index (χ2n) is 11.1. The molecule has 0 atom stereocenters. The molecule has 1 fully saturated rings. The molecule has 1 heterocycles. The highest BCUT2D eigenvalue weighted by molar-refractivity contribution is 6.01. The molecule has 3 amide bonds. The van der Waals surface area contributed by atoms with Crippen molar-refractivity contribution in [1.82, 2.24) is 15.2 Å². The number of para-hydroxylation sites is 1. The van der Waals surface area contributed by atoms with E-state index in [1.165, 1.54) is 37.7 Å². The highest BCUT2D eigenvalue weighted by Gasteiger charge is 2.23. The molecule has 7 nitrogen and oxygen atoms in total. The van der Waals surface area contributed by atoms with Gasteiger partial charge >= 0.3 is 0 Å². The van der Waals surface area contributed by atoms with Crippen LogP contribution in [0.3, 0.4) is 0 Å². The van der Waals surface area contributed by atoms with Crippen LogP contribution in [0.2, 0.25) is 0 Å². The summed E-state index contributed by atoms with van der Waals surface area (Å²) in [5.41, 5.74) is 3.57. The predicted molar refractivity (Wildman–Crippen MR) is 184 cm³/mol. The fraction of sp³-hybridized carbons (Fsp3) is 0.541. The molecule has 2 N–H and O–H groups in total. The fourth-order valence-electron chi connectivity index (χ4n) is 5.63. The van der Waals surface area contributed by atoms with E-state index in [1.54, 1.807) is 4.90 Å². The number of unbranched alkanes of at least 4 members (excludes halogenated alkanes) is 4. The Labute approximate surface area is 265 Å². The third-order valence-electron chi connectivity index (χ3n) is 8.03. The number of hydrogen-bond acceptors (Lipinski definition) is 3. The Hall–Kier alpha value is -3.61. The first kappa shape index (κ1) is 36.6. The number of fused-ring (bicyclic) bond motifs is 1. The van der Waals surface area contributed by atoms with Gasteiger partial charge in [0.1, 0.15) is 12.2 Å². The number of nitrogens with zero attached hydrogens (tertiary/aromatic N) is 2. The molecule has 1 aliphatic carbocycles. The molecule has 44 heavy (non-hydrogen) atoms. The van der Waals surface area contributed by atoms with Crippen molar-refractivity contribution < 1.29 is 14.4 Å². The van der Waals surface area contributed by atoms with Gasteiger partial charge in [0, 0.05) is 35.7 Å². The van der Waals surface area contributed by atoms with Crippen molar-refractivity contribution in [3.8, 4) is 0 Å². The van der Waals surface area contributed by atoms with Crippen molar-refractivity contribution >= 4 is 34.8 Å². The van der Waals surface area contributed by atoms with Crippen LogP contribution in [-0.2, 0) is 22.6 Å². The van der Waals surface area contributed by atoms with Gasteiger partial charge in [-0.3, -0.25) is 14.4 Å². The summed E-state index contributed by atoms with van der Waals surface area (Å²) < 4.78 is 1.88. The maximum atomic E-state index is 13.4. The highest BCUT2D eigenvalue weighted by atomic mass is 16.2. The molecule has 0 unspecified atom stereocenters. The Kier molecular flexibility index (Phi) is 17.6. The first-order valence-electron chi connectivity index (χ1n) is 17.0. The lowest BCUT2D eigenvalue weighted by atomic mass is 9.95. The minimum atomic E-state index is -0.0862. The average Bonchev–Trinajstić information content (AvgIpc) is 3.43. The Morgan fingerprint density at radius 2 is 1.64 bits per heavy atom. The van der Waals surface area contributed by atoms with Gasteiger partial charge < -0.3 is 20.1 Å². The van der Waals surface area contributed by atoms with Crippen molar-refractivity contribution in [2.45, 2.75) is 118 Å². The summed E-state index contributed by atoms with van der Waals surface area (Å²) in [5, 5.41) is 6.84. The lowest BCUT2D eigenvalue weighted by molar-refractivity contribution is -0.119. The number of carbonyl (C=O) groups is 3. The Balaban J connectivity index is 0.000000481. The molecule has 0 bridgehead atoms. The van der Waals surface area contributed by atoms with Gasteiger partial charge in [0.15, 0.2) is 0 Å². The summed E-state index contributed by atoms with van der Waals surface area (Å²) in [6.45, 7) is 11.8. The number of benzene rings is 2. The molecular formula is C37H56N4O3. The second kappa shape index (κ2) is 21.2. The molecule has 1 saturated carbocycles. The smallest absolute Gasteiger partial charge is 0.268 e. The van der Waals surface area contributed by atoms with E-state index in [-0.39, 0.29) is 24.4 Å². The van der Waals surface area contributed by atoms with Crippen LogP contribution in [0.5, 0.6) is 0 Å². The maximum Gasteiger partial charge on any atom is 0.268 e. The molecular weight excluding hydrogens is 548 g/mol. The normalized spacial score (nSPS) is 12.8. The summed E-state index contributed by atoms with van der Waals surface area (Å²) in [7, 11) is 0. The Bertz CT molecular complexity index is 1260. The first-order valence-corrected chi connectivity index (χ1v) is 17.0. The number of nitrogens with one attached hydrogen (secondary N) is 2. The zero-order valence-electron chi connectivity index (χ0n) is 27.9. The van der Waals surface area contributed by atoms with Crippen LogP contribution < -0.4 is 15.5 Å². The summed E-state index contributed by atoms with van der Waals surface area (Å²) in [6, 6.07) is 18.2. The molecule has 0 radical (unpaired) electrons. The van der Waals surface area contributed by atoms with Gasteiger partial charge in [-0.2, -0.15) is 0 Å². The number of amides is 3. The van der Waals surface area contributed by atoms with Gasteiger partial charge in [0.25, 0.3) is 5.91 Å². The number of hydrogen-bond donors (Lipinski definition) is 2. The number of anilines is 1. The van der Waals surface area contributed by atoms with Crippen LogP contribution in [0, 0.1) is 0 Å². The lowest BCUT2D eigenvalue weighted by Gasteiger charge is -2.24. The topological polar surface area (TPSA) is 83.4 Å². The SMILES string of the molecule is CC.CCCCCCCNC=O.CCc1cccc(N(CC)C(=O)Cn2c(C(=O)NC3CCCCC3)cc3ccccc32)c1. The van der Waals surface area contributed by atoms with Crippen LogP contribution in [0.4, 0.5) is 5.69 Å². The van der Waals surface area contributed by atoms with Gasteiger partial charge in [-0.25, -0.2) is 0 Å². The first-order chi connectivity index (χ1) is 21.5. The zero-order chi connectivity index (χ0) is 32.2. The van der Waals surface area contributed by atoms with Gasteiger partial charge in [-0.1, -0.05) is 103 Å². The van der Waals surface area contributed by atoms with Crippen LogP contribution in [0.15, 0.2) is 54.6 Å². The molecule has 0 aliphatic heterocycles. The summed E-state index contributed by atoms with van der Waals surface area (Å²) in [6.07, 6.45) is 13.6. The Morgan fingerprint density at radius 1 is 0.909 bits per heavy atom. The van der Waals surface area contributed by atoms with E-state index in [4.69, 9.17) is 0 Å². The van der Waals surface area contributed by atoms with E-state index in [0.29, 0.717) is 12.2 Å². The number of aryl methyl sites for hydroxylation is 1. The molecule has 4 rings (SSSR count). The quantitative estimate of drug-likeness (QED) is 0.144. The molecule has 242 valence electrons. The van der Waals surface area contributed by atoms with E-state index in [2.05, 4.69) is 36.6 Å². The van der Waals surface area contributed by atoms with Gasteiger partial charge in [0.2, 0.25) is 12.3 Å². The van der Waals surface area contributed by atoms with Gasteiger partial charge in [-0.05, 0) is 62.4 Å². The van der Waals surface area contributed by atoms with Crippen molar-refractivity contribution in [1.29, 1.82) is 0 Å². The molecule has 2 aromatic carbocycles. The lowest BCUT2D eigenvalue weighted by Crippen LogP contribution is -2.38.